The van der Waals surface area contributed by atoms with Crippen LogP contribution in [0.3, 0.4) is 0 Å². The van der Waals surface area contributed by atoms with E-state index < -0.39 is 17.2 Å². The van der Waals surface area contributed by atoms with Crippen LogP contribution in [-0.4, -0.2) is 67.9 Å². The molecule has 0 radical (unpaired) electrons. The van der Waals surface area contributed by atoms with Crippen LogP contribution in [0, 0.1) is 0 Å². The van der Waals surface area contributed by atoms with E-state index in [1.54, 1.807) is 7.05 Å². The number of piperidine rings is 1. The van der Waals surface area contributed by atoms with Crippen LogP contribution < -0.4 is 16.0 Å². The Balaban J connectivity index is 2.30. The molecule has 0 atom stereocenters. The maximum absolute atomic E-state index is 11.9. The van der Waals surface area contributed by atoms with Crippen LogP contribution in [-0.2, 0) is 4.74 Å². The van der Waals surface area contributed by atoms with Gasteiger partial charge in [-0.1, -0.05) is 6.42 Å². The van der Waals surface area contributed by atoms with E-state index in [4.69, 9.17) is 4.74 Å². The third-order valence-electron chi connectivity index (χ3n) is 3.93. The molecule has 0 aromatic carbocycles. The van der Waals surface area contributed by atoms with E-state index in [9.17, 15) is 4.79 Å². The minimum atomic E-state index is -0.500. The Morgan fingerprint density at radius 3 is 2.28 bits per heavy atom. The van der Waals surface area contributed by atoms with Gasteiger partial charge < -0.3 is 25.6 Å². The molecule has 146 valence electrons. The van der Waals surface area contributed by atoms with Crippen molar-refractivity contribution in [1.82, 2.24) is 20.9 Å². The van der Waals surface area contributed by atoms with Gasteiger partial charge in [-0.2, -0.15) is 0 Å². The fourth-order valence-electron chi connectivity index (χ4n) is 2.66. The Bertz CT molecular complexity index is 437. The van der Waals surface area contributed by atoms with Crippen LogP contribution in [0.5, 0.6) is 0 Å². The highest BCUT2D eigenvalue weighted by atomic mass is 16.6. The van der Waals surface area contributed by atoms with Crippen molar-refractivity contribution >= 4 is 12.1 Å². The largest absolute Gasteiger partial charge is 0.444 e. The summed E-state index contributed by atoms with van der Waals surface area (Å²) in [6.07, 6.45) is 3.55. The molecule has 1 aliphatic heterocycles. The molecule has 0 saturated carbocycles. The second-order valence-corrected chi connectivity index (χ2v) is 8.27. The highest BCUT2D eigenvalue weighted by molar-refractivity contribution is 5.79. The van der Waals surface area contributed by atoms with Crippen molar-refractivity contribution in [2.24, 2.45) is 4.99 Å². The quantitative estimate of drug-likeness (QED) is 0.501. The average molecular weight is 356 g/mol. The van der Waals surface area contributed by atoms with Crippen LogP contribution >= 0.6 is 0 Å². The Labute approximate surface area is 153 Å². The number of rotatable bonds is 6. The van der Waals surface area contributed by atoms with Gasteiger partial charge in [0.1, 0.15) is 5.60 Å². The van der Waals surface area contributed by atoms with Crippen molar-refractivity contribution in [3.05, 3.63) is 0 Å². The SMILES string of the molecule is CN=C(NCCN1CCCCC1)NCC(C)(C)NC(=O)OC(C)(C)C. The first-order chi connectivity index (χ1) is 11.6. The summed E-state index contributed by atoms with van der Waals surface area (Å²) in [6, 6.07) is 0. The summed E-state index contributed by atoms with van der Waals surface area (Å²) in [7, 11) is 1.75. The van der Waals surface area contributed by atoms with Crippen molar-refractivity contribution in [2.45, 2.75) is 65.0 Å². The molecular weight excluding hydrogens is 318 g/mol. The molecule has 3 N–H and O–H groups in total. The van der Waals surface area contributed by atoms with Crippen molar-refractivity contribution < 1.29 is 9.53 Å². The lowest BCUT2D eigenvalue weighted by Gasteiger charge is -2.30. The minimum Gasteiger partial charge on any atom is -0.444 e. The van der Waals surface area contributed by atoms with Crippen LogP contribution in [0.4, 0.5) is 4.79 Å². The highest BCUT2D eigenvalue weighted by Gasteiger charge is 2.24. The van der Waals surface area contributed by atoms with Crippen LogP contribution in [0.2, 0.25) is 0 Å². The van der Waals surface area contributed by atoms with Gasteiger partial charge in [-0.25, -0.2) is 4.79 Å². The molecule has 0 bridgehead atoms. The second-order valence-electron chi connectivity index (χ2n) is 8.27. The summed E-state index contributed by atoms with van der Waals surface area (Å²) in [6.45, 7) is 14.3. The smallest absolute Gasteiger partial charge is 0.408 e. The van der Waals surface area contributed by atoms with Gasteiger partial charge in [0.2, 0.25) is 0 Å². The Morgan fingerprint density at radius 2 is 1.72 bits per heavy atom. The van der Waals surface area contributed by atoms with Crippen LogP contribution in [0.25, 0.3) is 0 Å². The molecule has 1 heterocycles. The second kappa shape index (κ2) is 9.85. The standard InChI is InChI=1S/C18H37N5O2/c1-17(2,3)25-16(24)22-18(4,5)14-21-15(19-6)20-10-13-23-11-8-7-9-12-23/h7-14H2,1-6H3,(H,22,24)(H2,19,20,21). The number of hydrogen-bond acceptors (Lipinski definition) is 4. The lowest BCUT2D eigenvalue weighted by atomic mass is 10.1. The molecule has 1 saturated heterocycles. The summed E-state index contributed by atoms with van der Waals surface area (Å²) in [5.41, 5.74) is -0.952. The number of guanidine groups is 1. The molecule has 25 heavy (non-hydrogen) atoms. The van der Waals surface area contributed by atoms with E-state index in [1.165, 1.54) is 32.4 Å². The molecule has 0 spiro atoms. The summed E-state index contributed by atoms with van der Waals surface area (Å²) < 4.78 is 5.31. The average Bonchev–Trinajstić information content (AvgIpc) is 2.49. The topological polar surface area (TPSA) is 78.0 Å². The van der Waals surface area contributed by atoms with Gasteiger partial charge in [0.05, 0.1) is 5.54 Å². The maximum atomic E-state index is 11.9. The van der Waals surface area contributed by atoms with Gasteiger partial charge in [-0.15, -0.1) is 0 Å². The van der Waals surface area contributed by atoms with Crippen molar-refractivity contribution in [3.8, 4) is 0 Å². The number of carbonyl (C=O) groups excluding carboxylic acids is 1. The number of amides is 1. The third-order valence-corrected chi connectivity index (χ3v) is 3.93. The number of alkyl carbamates (subject to hydrolysis) is 1. The molecule has 1 rings (SSSR count). The predicted octanol–water partition coefficient (Wildman–Crippen LogP) is 1.94. The molecule has 0 aliphatic carbocycles. The van der Waals surface area contributed by atoms with E-state index in [1.807, 2.05) is 34.6 Å². The first-order valence-electron chi connectivity index (χ1n) is 9.29. The molecule has 1 amide bonds. The zero-order chi connectivity index (χ0) is 18.9. The zero-order valence-corrected chi connectivity index (χ0v) is 16.9. The van der Waals surface area contributed by atoms with E-state index in [0.717, 1.165) is 19.0 Å². The van der Waals surface area contributed by atoms with Crippen LogP contribution in [0.15, 0.2) is 4.99 Å². The summed E-state index contributed by atoms with van der Waals surface area (Å²) in [5.74, 6) is 0.746. The summed E-state index contributed by atoms with van der Waals surface area (Å²) >= 11 is 0. The number of ether oxygens (including phenoxy) is 1. The molecule has 0 unspecified atom stereocenters. The molecule has 7 heteroatoms. The molecule has 0 aromatic rings. The number of hydrogen-bond donors (Lipinski definition) is 3. The van der Waals surface area contributed by atoms with E-state index in [0.29, 0.717) is 6.54 Å². The third kappa shape index (κ3) is 10.2. The first kappa shape index (κ1) is 21.5. The van der Waals surface area contributed by atoms with Crippen LogP contribution in [0.1, 0.15) is 53.9 Å². The fourth-order valence-corrected chi connectivity index (χ4v) is 2.66. The van der Waals surface area contributed by atoms with E-state index >= 15 is 0 Å². The van der Waals surface area contributed by atoms with Gasteiger partial charge in [-0.3, -0.25) is 4.99 Å². The Hall–Kier alpha value is -1.50. The van der Waals surface area contributed by atoms with E-state index in [2.05, 4.69) is 25.8 Å². The monoisotopic (exact) mass is 355 g/mol. The lowest BCUT2D eigenvalue weighted by molar-refractivity contribution is 0.0474. The molecule has 7 nitrogen and oxygen atoms in total. The van der Waals surface area contributed by atoms with Crippen molar-refractivity contribution in [2.75, 3.05) is 39.8 Å². The highest BCUT2D eigenvalue weighted by Crippen LogP contribution is 2.09. The number of carbonyl (C=O) groups is 1. The Morgan fingerprint density at radius 1 is 1.08 bits per heavy atom. The van der Waals surface area contributed by atoms with Gasteiger partial charge >= 0.3 is 6.09 Å². The molecule has 0 aromatic heterocycles. The first-order valence-corrected chi connectivity index (χ1v) is 9.29. The van der Waals surface area contributed by atoms with E-state index in [-0.39, 0.29) is 0 Å². The van der Waals surface area contributed by atoms with Gasteiger partial charge in [-0.05, 0) is 60.5 Å². The summed E-state index contributed by atoms with van der Waals surface area (Å²) in [5, 5.41) is 9.49. The normalized spacial score (nSPS) is 17.1. The van der Waals surface area contributed by atoms with Crippen molar-refractivity contribution in [3.63, 3.8) is 0 Å². The minimum absolute atomic E-state index is 0.410. The number of nitrogens with zero attached hydrogens (tertiary/aromatic N) is 2. The zero-order valence-electron chi connectivity index (χ0n) is 16.9. The lowest BCUT2D eigenvalue weighted by Crippen LogP contribution is -2.54. The van der Waals surface area contributed by atoms with Crippen molar-refractivity contribution in [1.29, 1.82) is 0 Å². The number of aliphatic imine (C=N–C) groups is 1. The fraction of sp³-hybridized carbons (Fsp3) is 0.889. The summed E-state index contributed by atoms with van der Waals surface area (Å²) in [4.78, 5) is 18.7. The van der Waals surface area contributed by atoms with Gasteiger partial charge in [0, 0.05) is 26.7 Å². The predicted molar refractivity (Wildman–Crippen MR) is 103 cm³/mol. The molecule has 1 fully saturated rings. The number of likely N-dealkylation sites (tertiary alicyclic amines) is 1. The van der Waals surface area contributed by atoms with Gasteiger partial charge in [0.25, 0.3) is 0 Å². The number of nitrogens with one attached hydrogen (secondary N) is 3. The molecular formula is C18H37N5O2. The Kier molecular flexibility index (Phi) is 8.48. The van der Waals surface area contributed by atoms with Gasteiger partial charge in [0.15, 0.2) is 5.96 Å². The maximum Gasteiger partial charge on any atom is 0.408 e. The molecule has 1 aliphatic rings.